The van der Waals surface area contributed by atoms with Gasteiger partial charge in [-0.2, -0.15) is 0 Å². The van der Waals surface area contributed by atoms with E-state index in [-0.39, 0.29) is 0 Å². The minimum atomic E-state index is -1.26. The van der Waals surface area contributed by atoms with Gasteiger partial charge in [-0.15, -0.1) is 0 Å². The van der Waals surface area contributed by atoms with Crippen LogP contribution in [0, 0.1) is 0 Å². The van der Waals surface area contributed by atoms with E-state index in [1.807, 2.05) is 0 Å². The molecule has 1 aliphatic rings. The second kappa shape index (κ2) is 6.29. The quantitative estimate of drug-likeness (QED) is 0.504. The van der Waals surface area contributed by atoms with Crippen molar-refractivity contribution in [3.8, 4) is 0 Å². The van der Waals surface area contributed by atoms with Crippen LogP contribution in [-0.4, -0.2) is 53.0 Å². The topological polar surface area (TPSA) is 102 Å². The Hall–Kier alpha value is -1.34. The highest BCUT2D eigenvalue weighted by molar-refractivity contribution is 5.82. The number of hydrogen-bond donors (Lipinski definition) is 4. The molecule has 1 fully saturated rings. The van der Waals surface area contributed by atoms with E-state index in [1.165, 1.54) is 0 Å². The van der Waals surface area contributed by atoms with Crippen molar-refractivity contribution in [2.45, 2.75) is 25.3 Å². The molecule has 2 amide bonds. The largest absolute Gasteiger partial charge is 0.480 e. The van der Waals surface area contributed by atoms with Gasteiger partial charge in [-0.25, -0.2) is 14.6 Å². The summed E-state index contributed by atoms with van der Waals surface area (Å²) in [6.45, 7) is 0.914. The summed E-state index contributed by atoms with van der Waals surface area (Å²) in [5.41, 5.74) is 2.55. The van der Waals surface area contributed by atoms with E-state index in [9.17, 15) is 9.59 Å². The highest BCUT2D eigenvalue weighted by Gasteiger charge is 2.20. The molecule has 1 atom stereocenters. The van der Waals surface area contributed by atoms with Crippen LogP contribution >= 0.6 is 0 Å². The van der Waals surface area contributed by atoms with Gasteiger partial charge >= 0.3 is 12.0 Å². The van der Waals surface area contributed by atoms with Crippen molar-refractivity contribution in [1.82, 2.24) is 15.8 Å². The smallest absolute Gasteiger partial charge is 0.330 e. The molecule has 0 aliphatic carbocycles. The first-order valence-corrected chi connectivity index (χ1v) is 5.29. The number of carbonyl (C=O) groups excluding carboxylic acids is 1. The van der Waals surface area contributed by atoms with Crippen molar-refractivity contribution in [3.63, 3.8) is 0 Å². The van der Waals surface area contributed by atoms with Crippen molar-refractivity contribution in [2.75, 3.05) is 19.7 Å². The van der Waals surface area contributed by atoms with Crippen LogP contribution in [-0.2, 0) is 4.79 Å². The maximum absolute atomic E-state index is 11.3. The monoisotopic (exact) mass is 231 g/mol. The van der Waals surface area contributed by atoms with Crippen LogP contribution in [0.3, 0.4) is 0 Å². The zero-order valence-corrected chi connectivity index (χ0v) is 8.98. The minimum Gasteiger partial charge on any atom is -0.480 e. The van der Waals surface area contributed by atoms with Gasteiger partial charge in [0.1, 0.15) is 0 Å². The van der Waals surface area contributed by atoms with Crippen LogP contribution in [0.2, 0.25) is 0 Å². The molecule has 16 heavy (non-hydrogen) atoms. The van der Waals surface area contributed by atoms with Gasteiger partial charge in [0.15, 0.2) is 6.04 Å². The van der Waals surface area contributed by atoms with E-state index in [1.54, 1.807) is 5.01 Å². The highest BCUT2D eigenvalue weighted by Crippen LogP contribution is 2.05. The fourth-order valence-corrected chi connectivity index (χ4v) is 1.53. The van der Waals surface area contributed by atoms with Gasteiger partial charge in [-0.1, -0.05) is 6.42 Å². The third-order valence-electron chi connectivity index (χ3n) is 2.40. The van der Waals surface area contributed by atoms with Crippen LogP contribution in [0.4, 0.5) is 4.79 Å². The Bertz CT molecular complexity index is 253. The summed E-state index contributed by atoms with van der Waals surface area (Å²) in [5, 5.41) is 21.2. The number of carboxylic acids is 1. The number of rotatable bonds is 4. The van der Waals surface area contributed by atoms with Gasteiger partial charge in [0, 0.05) is 13.1 Å². The lowest BCUT2D eigenvalue weighted by molar-refractivity contribution is -0.140. The summed E-state index contributed by atoms with van der Waals surface area (Å²) in [6, 6.07) is -1.85. The van der Waals surface area contributed by atoms with Crippen LogP contribution in [0.25, 0.3) is 0 Å². The molecule has 0 bridgehead atoms. The predicted octanol–water partition coefficient (Wildman–Crippen LogP) is -0.868. The van der Waals surface area contributed by atoms with Gasteiger partial charge < -0.3 is 15.5 Å². The number of hydrogen-bond acceptors (Lipinski definition) is 4. The lowest BCUT2D eigenvalue weighted by Gasteiger charge is -2.27. The van der Waals surface area contributed by atoms with E-state index < -0.39 is 24.6 Å². The Morgan fingerprint density at radius 1 is 1.25 bits per heavy atom. The van der Waals surface area contributed by atoms with Crippen molar-refractivity contribution in [3.05, 3.63) is 0 Å². The summed E-state index contributed by atoms with van der Waals surface area (Å²) >= 11 is 0. The number of aliphatic hydroxyl groups is 1. The SMILES string of the molecule is O=C(N[C@@H](CO)C(=O)O)NN1CCCCC1. The summed E-state index contributed by atoms with van der Waals surface area (Å²) in [5.74, 6) is -1.25. The molecule has 0 aromatic carbocycles. The van der Waals surface area contributed by atoms with Crippen molar-refractivity contribution in [2.24, 2.45) is 0 Å². The summed E-state index contributed by atoms with van der Waals surface area (Å²) in [4.78, 5) is 21.9. The predicted molar refractivity (Wildman–Crippen MR) is 55.6 cm³/mol. The molecule has 4 N–H and O–H groups in total. The number of nitrogens with zero attached hydrogens (tertiary/aromatic N) is 1. The molecule has 0 aromatic heterocycles. The molecule has 1 aliphatic heterocycles. The maximum Gasteiger partial charge on any atom is 0.330 e. The van der Waals surface area contributed by atoms with E-state index in [2.05, 4.69) is 10.7 Å². The van der Waals surface area contributed by atoms with Gasteiger partial charge in [0.2, 0.25) is 0 Å². The number of urea groups is 1. The minimum absolute atomic E-state index is 0.594. The van der Waals surface area contributed by atoms with Crippen molar-refractivity contribution < 1.29 is 19.8 Å². The first kappa shape index (κ1) is 12.7. The van der Waals surface area contributed by atoms with E-state index in [0.29, 0.717) is 0 Å². The summed E-state index contributed by atoms with van der Waals surface area (Å²) < 4.78 is 0. The van der Waals surface area contributed by atoms with Crippen molar-refractivity contribution in [1.29, 1.82) is 0 Å². The Morgan fingerprint density at radius 3 is 2.38 bits per heavy atom. The average molecular weight is 231 g/mol. The van der Waals surface area contributed by atoms with Gasteiger partial charge in [-0.3, -0.25) is 5.43 Å². The number of aliphatic carboxylic acids is 1. The molecule has 0 saturated carbocycles. The maximum atomic E-state index is 11.3. The van der Waals surface area contributed by atoms with E-state index >= 15 is 0 Å². The summed E-state index contributed by atoms with van der Waals surface area (Å²) in [6.07, 6.45) is 3.18. The number of piperidine rings is 1. The van der Waals surface area contributed by atoms with E-state index in [0.717, 1.165) is 32.4 Å². The average Bonchev–Trinajstić information content (AvgIpc) is 2.27. The molecule has 0 aromatic rings. The number of hydrazine groups is 1. The van der Waals surface area contributed by atoms with Crippen LogP contribution in [0.1, 0.15) is 19.3 Å². The molecule has 92 valence electrons. The fraction of sp³-hybridized carbons (Fsp3) is 0.778. The molecular formula is C9H17N3O4. The first-order chi connectivity index (χ1) is 7.63. The standard InChI is InChI=1S/C9H17N3O4/c13-6-7(8(14)15)10-9(16)11-12-4-2-1-3-5-12/h7,13H,1-6H2,(H,14,15)(H2,10,11,16)/t7-/m0/s1. The molecule has 7 nitrogen and oxygen atoms in total. The zero-order chi connectivity index (χ0) is 12.0. The van der Waals surface area contributed by atoms with Crippen LogP contribution in [0.5, 0.6) is 0 Å². The Labute approximate surface area is 93.4 Å². The Balaban J connectivity index is 2.31. The fourth-order valence-electron chi connectivity index (χ4n) is 1.53. The number of aliphatic hydroxyl groups excluding tert-OH is 1. The second-order valence-corrected chi connectivity index (χ2v) is 3.71. The molecule has 1 saturated heterocycles. The number of nitrogens with one attached hydrogen (secondary N) is 2. The number of amides is 2. The third kappa shape index (κ3) is 4.03. The first-order valence-electron chi connectivity index (χ1n) is 5.29. The lowest BCUT2D eigenvalue weighted by atomic mass is 10.2. The normalized spacial score (nSPS) is 18.8. The van der Waals surface area contributed by atoms with Crippen molar-refractivity contribution >= 4 is 12.0 Å². The molecule has 0 spiro atoms. The second-order valence-electron chi connectivity index (χ2n) is 3.71. The molecule has 0 radical (unpaired) electrons. The lowest BCUT2D eigenvalue weighted by Crippen LogP contribution is -2.54. The van der Waals surface area contributed by atoms with E-state index in [4.69, 9.17) is 10.2 Å². The third-order valence-corrected chi connectivity index (χ3v) is 2.40. The summed E-state index contributed by atoms with van der Waals surface area (Å²) in [7, 11) is 0. The molecular weight excluding hydrogens is 214 g/mol. The number of carbonyl (C=O) groups is 2. The van der Waals surface area contributed by atoms with Gasteiger partial charge in [-0.05, 0) is 12.8 Å². The van der Waals surface area contributed by atoms with Gasteiger partial charge in [0.25, 0.3) is 0 Å². The van der Waals surface area contributed by atoms with Crippen LogP contribution in [0.15, 0.2) is 0 Å². The Kier molecular flexibility index (Phi) is 5.00. The molecule has 1 heterocycles. The molecule has 0 unspecified atom stereocenters. The van der Waals surface area contributed by atoms with Gasteiger partial charge in [0.05, 0.1) is 6.61 Å². The zero-order valence-electron chi connectivity index (χ0n) is 8.98. The molecule has 7 heteroatoms. The number of carboxylic acid groups (broad SMARTS) is 1. The highest BCUT2D eigenvalue weighted by atomic mass is 16.4. The Morgan fingerprint density at radius 2 is 1.88 bits per heavy atom. The van der Waals surface area contributed by atoms with Crippen LogP contribution < -0.4 is 10.7 Å². The molecule has 1 rings (SSSR count).